The number of hydrogen-bond acceptors (Lipinski definition) is 0. The van der Waals surface area contributed by atoms with Crippen LogP contribution >= 0.6 is 0 Å². The summed E-state index contributed by atoms with van der Waals surface area (Å²) in [6.07, 6.45) is 0. The first-order chi connectivity index (χ1) is 32.3. The normalized spacial score (nSPS) is 13.0. The molecule has 0 spiro atoms. The van der Waals surface area contributed by atoms with Crippen LogP contribution in [0, 0.1) is 0 Å². The number of para-hydroxylation sites is 1. The van der Waals surface area contributed by atoms with Crippen molar-refractivity contribution in [3.05, 3.63) is 265 Å². The number of hydrogen-bond donors (Lipinski definition) is 0. The maximum Gasteiger partial charge on any atom is 0.0713 e. The molecular weight excluding hydrogens is 785 g/mol. The zero-order chi connectivity index (χ0) is 42.6. The van der Waals surface area contributed by atoms with Gasteiger partial charge in [0.15, 0.2) is 0 Å². The van der Waals surface area contributed by atoms with E-state index in [1.54, 1.807) is 0 Å². The summed E-state index contributed by atoms with van der Waals surface area (Å²) in [5.74, 6) is 0. The van der Waals surface area contributed by atoms with Crippen molar-refractivity contribution in [2.75, 3.05) is 0 Å². The van der Waals surface area contributed by atoms with Gasteiger partial charge in [0.1, 0.15) is 0 Å². The highest BCUT2D eigenvalue weighted by molar-refractivity contribution is 6.20. The Bertz CT molecular complexity index is 4010. The highest BCUT2D eigenvalue weighted by Gasteiger charge is 2.47. The van der Waals surface area contributed by atoms with E-state index in [1.807, 2.05) is 0 Å². The molecule has 1 aliphatic rings. The summed E-state index contributed by atoms with van der Waals surface area (Å²) in [6, 6.07) is 90.2. The molecule has 0 atom stereocenters. The van der Waals surface area contributed by atoms with Crippen molar-refractivity contribution in [2.24, 2.45) is 0 Å². The van der Waals surface area contributed by atoms with Crippen molar-refractivity contribution in [2.45, 2.75) is 5.41 Å². The van der Waals surface area contributed by atoms with Crippen molar-refractivity contribution in [1.82, 2.24) is 9.13 Å². The predicted molar refractivity (Wildman–Crippen MR) is 273 cm³/mol. The Kier molecular flexibility index (Phi) is 7.64. The molecule has 0 saturated heterocycles. The third-order valence-corrected chi connectivity index (χ3v) is 14.4. The third-order valence-electron chi connectivity index (χ3n) is 14.4. The summed E-state index contributed by atoms with van der Waals surface area (Å²) in [5, 5.41) is 9.96. The van der Waals surface area contributed by atoms with Gasteiger partial charge in [-0.3, -0.25) is 0 Å². The van der Waals surface area contributed by atoms with E-state index in [0.29, 0.717) is 0 Å². The molecular formula is C63H40N2. The summed E-state index contributed by atoms with van der Waals surface area (Å²) in [4.78, 5) is 0. The molecule has 0 unspecified atom stereocenters. The summed E-state index contributed by atoms with van der Waals surface area (Å²) in [7, 11) is 0. The Hall–Kier alpha value is -8.46. The second-order valence-electron chi connectivity index (χ2n) is 17.6. The first kappa shape index (κ1) is 36.1. The van der Waals surface area contributed by atoms with Gasteiger partial charge in [0.2, 0.25) is 0 Å². The van der Waals surface area contributed by atoms with E-state index >= 15 is 0 Å². The van der Waals surface area contributed by atoms with E-state index in [1.165, 1.54) is 121 Å². The Morgan fingerprint density at radius 2 is 0.769 bits per heavy atom. The maximum atomic E-state index is 2.52. The van der Waals surface area contributed by atoms with Gasteiger partial charge in [0.25, 0.3) is 0 Å². The van der Waals surface area contributed by atoms with E-state index in [9.17, 15) is 0 Å². The molecule has 2 heterocycles. The standard InChI is InChI=1S/C63H40N2/c1-3-21-45(22-4-1)63(46-23-5-2-6-24-46)53-29-13-11-28-50(53)61-54(63)35-38-60-62(61)52-40-44(34-37-59(52)65(60)56-32-16-20-42-18-8-10-26-48(42)56)43-33-36-58-51(39-43)49-27-12-14-30-57(49)64(58)55-31-15-19-41-17-7-9-25-47(41)55/h1-40H. The third kappa shape index (κ3) is 4.99. The van der Waals surface area contributed by atoms with Gasteiger partial charge in [-0.25, -0.2) is 0 Å². The Labute approximate surface area is 376 Å². The molecule has 0 radical (unpaired) electrons. The lowest BCUT2D eigenvalue weighted by molar-refractivity contribution is 0.769. The van der Waals surface area contributed by atoms with Crippen molar-refractivity contribution in [3.63, 3.8) is 0 Å². The lowest BCUT2D eigenvalue weighted by Crippen LogP contribution is -2.28. The molecule has 0 fully saturated rings. The van der Waals surface area contributed by atoms with Crippen LogP contribution in [0.2, 0.25) is 0 Å². The highest BCUT2D eigenvalue weighted by Crippen LogP contribution is 2.59. The van der Waals surface area contributed by atoms with E-state index in [-0.39, 0.29) is 0 Å². The van der Waals surface area contributed by atoms with E-state index < -0.39 is 5.41 Å². The number of nitrogens with zero attached hydrogens (tertiary/aromatic N) is 2. The molecule has 13 aromatic rings. The van der Waals surface area contributed by atoms with Crippen molar-refractivity contribution in [1.29, 1.82) is 0 Å². The van der Waals surface area contributed by atoms with Gasteiger partial charge in [-0.15, -0.1) is 0 Å². The fraction of sp³-hybridized carbons (Fsp3) is 0.0159. The molecule has 2 aromatic heterocycles. The zero-order valence-corrected chi connectivity index (χ0v) is 35.5. The average molecular weight is 825 g/mol. The first-order valence-electron chi connectivity index (χ1n) is 22.6. The van der Waals surface area contributed by atoms with Gasteiger partial charge in [0, 0.05) is 32.3 Å². The molecule has 14 rings (SSSR count). The van der Waals surface area contributed by atoms with Gasteiger partial charge < -0.3 is 9.13 Å². The summed E-state index contributed by atoms with van der Waals surface area (Å²) in [6.45, 7) is 0. The minimum Gasteiger partial charge on any atom is -0.309 e. The van der Waals surface area contributed by atoms with Crippen LogP contribution < -0.4 is 0 Å². The van der Waals surface area contributed by atoms with Gasteiger partial charge in [-0.1, -0.05) is 194 Å². The predicted octanol–water partition coefficient (Wildman–Crippen LogP) is 16.2. The minimum atomic E-state index is -0.503. The zero-order valence-electron chi connectivity index (χ0n) is 35.5. The molecule has 2 nitrogen and oxygen atoms in total. The van der Waals surface area contributed by atoms with Gasteiger partial charge in [-0.2, -0.15) is 0 Å². The number of benzene rings is 11. The van der Waals surface area contributed by atoms with Gasteiger partial charge >= 0.3 is 0 Å². The Morgan fingerprint density at radius 1 is 0.292 bits per heavy atom. The van der Waals surface area contributed by atoms with Crippen LogP contribution in [-0.2, 0) is 5.41 Å². The summed E-state index contributed by atoms with van der Waals surface area (Å²) in [5.41, 5.74) is 16.8. The van der Waals surface area contributed by atoms with Crippen LogP contribution in [0.5, 0.6) is 0 Å². The van der Waals surface area contributed by atoms with Gasteiger partial charge in [-0.05, 0) is 104 Å². The highest BCUT2D eigenvalue weighted by atomic mass is 15.0. The van der Waals surface area contributed by atoms with Gasteiger partial charge in [0.05, 0.1) is 38.9 Å². The maximum absolute atomic E-state index is 2.52. The van der Waals surface area contributed by atoms with E-state index in [2.05, 4.69) is 252 Å². The number of rotatable bonds is 5. The molecule has 0 N–H and O–H groups in total. The van der Waals surface area contributed by atoms with Crippen LogP contribution in [0.25, 0.3) is 98.8 Å². The van der Waals surface area contributed by atoms with Crippen LogP contribution in [0.4, 0.5) is 0 Å². The number of fused-ring (bicyclic) bond motifs is 12. The SMILES string of the molecule is c1ccc(C2(c3ccccc3)c3ccccc3-c3c2ccc2c3c3cc(-c4ccc5c(c4)c4ccccc4n5-c4cccc5ccccc45)ccc3n2-c2cccc3ccccc23)cc1. The second-order valence-corrected chi connectivity index (χ2v) is 17.6. The molecule has 0 saturated carbocycles. The number of aromatic nitrogens is 2. The molecule has 302 valence electrons. The quantitative estimate of drug-likeness (QED) is 0.164. The molecule has 65 heavy (non-hydrogen) atoms. The van der Waals surface area contributed by atoms with Crippen LogP contribution in [0.3, 0.4) is 0 Å². The topological polar surface area (TPSA) is 9.86 Å². The lowest BCUT2D eigenvalue weighted by Gasteiger charge is -2.33. The second kappa shape index (κ2) is 13.8. The fourth-order valence-corrected chi connectivity index (χ4v) is 11.7. The molecule has 0 amide bonds. The van der Waals surface area contributed by atoms with Crippen molar-refractivity contribution >= 4 is 65.2 Å². The summed E-state index contributed by atoms with van der Waals surface area (Å²) >= 11 is 0. The summed E-state index contributed by atoms with van der Waals surface area (Å²) < 4.78 is 4.97. The van der Waals surface area contributed by atoms with E-state index in [4.69, 9.17) is 0 Å². The largest absolute Gasteiger partial charge is 0.309 e. The molecule has 0 aliphatic heterocycles. The Morgan fingerprint density at radius 3 is 1.43 bits per heavy atom. The van der Waals surface area contributed by atoms with Crippen LogP contribution in [0.15, 0.2) is 243 Å². The van der Waals surface area contributed by atoms with Crippen LogP contribution in [0.1, 0.15) is 22.3 Å². The minimum absolute atomic E-state index is 0.503. The van der Waals surface area contributed by atoms with Crippen molar-refractivity contribution in [3.8, 4) is 33.6 Å². The molecule has 11 aromatic carbocycles. The monoisotopic (exact) mass is 824 g/mol. The Balaban J connectivity index is 1.08. The van der Waals surface area contributed by atoms with E-state index in [0.717, 1.165) is 0 Å². The first-order valence-corrected chi connectivity index (χ1v) is 22.6. The average Bonchev–Trinajstić information content (AvgIpc) is 4.00. The fourth-order valence-electron chi connectivity index (χ4n) is 11.7. The lowest BCUT2D eigenvalue weighted by atomic mass is 9.67. The smallest absolute Gasteiger partial charge is 0.0713 e. The molecule has 2 heteroatoms. The molecule has 0 bridgehead atoms. The van der Waals surface area contributed by atoms with Crippen LogP contribution in [-0.4, -0.2) is 9.13 Å². The molecule has 1 aliphatic carbocycles. The van der Waals surface area contributed by atoms with Crippen molar-refractivity contribution < 1.29 is 0 Å².